The van der Waals surface area contributed by atoms with Crippen molar-refractivity contribution < 1.29 is 0 Å². The van der Waals surface area contributed by atoms with Crippen molar-refractivity contribution in [2.45, 2.75) is 102 Å². The number of nitrogens with one attached hydrogen (secondary N) is 3. The molecular weight excluding hydrogens is 470 g/mol. The average molecular weight is 522 g/mol. The molecule has 2 saturated carbocycles. The third-order valence-corrected chi connectivity index (χ3v) is 10.6. The molecule has 7 heteroatoms. The highest BCUT2D eigenvalue weighted by molar-refractivity contribution is 4.98. The van der Waals surface area contributed by atoms with Gasteiger partial charge in [-0.25, -0.2) is 9.97 Å². The van der Waals surface area contributed by atoms with E-state index in [0.29, 0.717) is 11.5 Å². The Morgan fingerprint density at radius 2 is 1.45 bits per heavy atom. The molecular formula is C31H51N7. The van der Waals surface area contributed by atoms with Crippen LogP contribution in [0.5, 0.6) is 0 Å². The minimum Gasteiger partial charge on any atom is -0.349 e. The number of H-pyrrole nitrogens is 2. The first kappa shape index (κ1) is 26.5. The van der Waals surface area contributed by atoms with Crippen molar-refractivity contribution in [1.29, 1.82) is 0 Å². The average Bonchev–Trinajstić information content (AvgIpc) is 3.73. The standard InChI is InChI=1S/C31H51N7/c1-2-4-28(5-3-1)38-18-11-31(12-19-38)10-17-37(24-31)23-26-8-6-25(7-9-26)22-36-27(20-29-32-13-14-33-29)21-30-34-15-16-35-30/h13-16,25-28,36H,1-12,17-24H2,(H,32,33)(H,34,35). The van der Waals surface area contributed by atoms with Gasteiger partial charge in [-0.3, -0.25) is 0 Å². The van der Waals surface area contributed by atoms with Crippen molar-refractivity contribution >= 4 is 0 Å². The van der Waals surface area contributed by atoms with E-state index < -0.39 is 0 Å². The number of hydrogen-bond acceptors (Lipinski definition) is 5. The Kier molecular flexibility index (Phi) is 8.83. The molecule has 2 aromatic rings. The topological polar surface area (TPSA) is 75.9 Å². The number of aromatic nitrogens is 4. The van der Waals surface area contributed by atoms with Gasteiger partial charge in [0.05, 0.1) is 0 Å². The number of piperidine rings is 1. The molecule has 0 radical (unpaired) electrons. The highest BCUT2D eigenvalue weighted by atomic mass is 15.2. The van der Waals surface area contributed by atoms with Crippen LogP contribution in [0.2, 0.25) is 0 Å². The van der Waals surface area contributed by atoms with E-state index >= 15 is 0 Å². The summed E-state index contributed by atoms with van der Waals surface area (Å²) in [5.74, 6) is 3.82. The van der Waals surface area contributed by atoms with E-state index in [9.17, 15) is 0 Å². The van der Waals surface area contributed by atoms with E-state index in [-0.39, 0.29) is 0 Å². The second-order valence-electron chi connectivity index (χ2n) is 13.3. The predicted molar refractivity (Wildman–Crippen MR) is 153 cm³/mol. The number of hydrogen-bond donors (Lipinski definition) is 3. The fraction of sp³-hybridized carbons (Fsp3) is 0.806. The van der Waals surface area contributed by atoms with Gasteiger partial charge >= 0.3 is 0 Å². The Morgan fingerprint density at radius 1 is 0.816 bits per heavy atom. The largest absolute Gasteiger partial charge is 0.349 e. The number of nitrogens with zero attached hydrogens (tertiary/aromatic N) is 4. The van der Waals surface area contributed by atoms with E-state index in [1.165, 1.54) is 110 Å². The summed E-state index contributed by atoms with van der Waals surface area (Å²) in [7, 11) is 0. The van der Waals surface area contributed by atoms with Crippen molar-refractivity contribution in [3.8, 4) is 0 Å². The molecule has 2 aliphatic carbocycles. The molecule has 2 aromatic heterocycles. The summed E-state index contributed by atoms with van der Waals surface area (Å²) in [6.07, 6.45) is 26.6. The first-order valence-corrected chi connectivity index (χ1v) is 15.9. The van der Waals surface area contributed by atoms with Gasteiger partial charge < -0.3 is 25.1 Å². The fourth-order valence-electron chi connectivity index (χ4n) is 8.22. The molecule has 4 heterocycles. The number of imidazole rings is 2. The van der Waals surface area contributed by atoms with Crippen LogP contribution in [-0.4, -0.2) is 81.1 Å². The molecule has 210 valence electrons. The molecule has 0 bridgehead atoms. The third kappa shape index (κ3) is 6.89. The van der Waals surface area contributed by atoms with Gasteiger partial charge in [-0.1, -0.05) is 19.3 Å². The Bertz CT molecular complexity index is 883. The van der Waals surface area contributed by atoms with Gasteiger partial charge in [0.1, 0.15) is 11.6 Å². The van der Waals surface area contributed by atoms with E-state index in [0.717, 1.165) is 48.9 Å². The predicted octanol–water partition coefficient (Wildman–Crippen LogP) is 4.80. The number of likely N-dealkylation sites (tertiary alicyclic amines) is 2. The quantitative estimate of drug-likeness (QED) is 0.419. The van der Waals surface area contributed by atoms with E-state index in [1.807, 2.05) is 24.8 Å². The monoisotopic (exact) mass is 521 g/mol. The van der Waals surface area contributed by atoms with Gasteiger partial charge in [0, 0.05) is 62.8 Å². The molecule has 0 aromatic carbocycles. The Labute approximate surface area is 230 Å². The maximum atomic E-state index is 4.46. The van der Waals surface area contributed by atoms with Crippen LogP contribution in [0.3, 0.4) is 0 Å². The Balaban J connectivity index is 0.908. The lowest BCUT2D eigenvalue weighted by atomic mass is 9.77. The SMILES string of the molecule is c1c[nH]c(CC(Cc2ncc[nH]2)NCC2CCC(CN3CCC4(CCN(C5CCCCC5)CC4)C3)CC2)n1. The first-order chi connectivity index (χ1) is 18.7. The van der Waals surface area contributed by atoms with E-state index in [4.69, 9.17) is 0 Å². The summed E-state index contributed by atoms with van der Waals surface area (Å²) < 4.78 is 0. The van der Waals surface area contributed by atoms with Gasteiger partial charge in [0.15, 0.2) is 0 Å². The van der Waals surface area contributed by atoms with Crippen molar-refractivity contribution in [1.82, 2.24) is 35.1 Å². The van der Waals surface area contributed by atoms with E-state index in [2.05, 4.69) is 35.1 Å². The molecule has 6 rings (SSSR count). The lowest BCUT2D eigenvalue weighted by Gasteiger charge is -2.44. The highest BCUT2D eigenvalue weighted by Gasteiger charge is 2.42. The fourth-order valence-corrected chi connectivity index (χ4v) is 8.22. The zero-order valence-corrected chi connectivity index (χ0v) is 23.5. The van der Waals surface area contributed by atoms with E-state index in [1.54, 1.807) is 0 Å². The Morgan fingerprint density at radius 3 is 2.08 bits per heavy atom. The number of rotatable bonds is 10. The van der Waals surface area contributed by atoms with Crippen LogP contribution in [0.15, 0.2) is 24.8 Å². The van der Waals surface area contributed by atoms with Crippen LogP contribution in [0.1, 0.15) is 88.7 Å². The maximum Gasteiger partial charge on any atom is 0.107 e. The van der Waals surface area contributed by atoms with Gasteiger partial charge in [0.2, 0.25) is 0 Å². The summed E-state index contributed by atoms with van der Waals surface area (Å²) in [5, 5.41) is 3.89. The molecule has 38 heavy (non-hydrogen) atoms. The molecule has 2 saturated heterocycles. The lowest BCUT2D eigenvalue weighted by molar-refractivity contribution is 0.0601. The third-order valence-electron chi connectivity index (χ3n) is 10.6. The highest BCUT2D eigenvalue weighted by Crippen LogP contribution is 2.42. The molecule has 0 unspecified atom stereocenters. The minimum atomic E-state index is 0.357. The van der Waals surface area contributed by atoms with Crippen LogP contribution in [0.4, 0.5) is 0 Å². The van der Waals surface area contributed by atoms with Crippen LogP contribution in [-0.2, 0) is 12.8 Å². The van der Waals surface area contributed by atoms with Crippen molar-refractivity contribution in [3.05, 3.63) is 36.4 Å². The van der Waals surface area contributed by atoms with Crippen molar-refractivity contribution in [2.75, 3.05) is 39.3 Å². The lowest BCUT2D eigenvalue weighted by Crippen LogP contribution is -2.47. The second-order valence-corrected chi connectivity index (χ2v) is 13.3. The zero-order chi connectivity index (χ0) is 25.6. The van der Waals surface area contributed by atoms with Gasteiger partial charge in [-0.2, -0.15) is 0 Å². The van der Waals surface area contributed by atoms with Crippen LogP contribution in [0.25, 0.3) is 0 Å². The van der Waals surface area contributed by atoms with Crippen molar-refractivity contribution in [2.24, 2.45) is 17.3 Å². The summed E-state index contributed by atoms with van der Waals surface area (Å²) in [6, 6.07) is 1.27. The molecule has 4 fully saturated rings. The van der Waals surface area contributed by atoms with Gasteiger partial charge in [-0.15, -0.1) is 0 Å². The smallest absolute Gasteiger partial charge is 0.107 e. The maximum absolute atomic E-state index is 4.46. The second kappa shape index (κ2) is 12.6. The van der Waals surface area contributed by atoms with Crippen LogP contribution >= 0.6 is 0 Å². The Hall–Kier alpha value is -1.70. The van der Waals surface area contributed by atoms with Gasteiger partial charge in [0.25, 0.3) is 0 Å². The molecule has 3 N–H and O–H groups in total. The first-order valence-electron chi connectivity index (χ1n) is 15.9. The summed E-state index contributed by atoms with van der Waals surface area (Å²) in [6.45, 7) is 7.95. The molecule has 0 atom stereocenters. The summed E-state index contributed by atoms with van der Waals surface area (Å²) in [5.41, 5.74) is 0.642. The molecule has 4 aliphatic rings. The van der Waals surface area contributed by atoms with Gasteiger partial charge in [-0.05, 0) is 101 Å². The van der Waals surface area contributed by atoms with Crippen LogP contribution in [0, 0.1) is 17.3 Å². The molecule has 2 aliphatic heterocycles. The van der Waals surface area contributed by atoms with Crippen molar-refractivity contribution in [3.63, 3.8) is 0 Å². The number of aromatic amines is 2. The van der Waals surface area contributed by atoms with Crippen LogP contribution < -0.4 is 5.32 Å². The summed E-state index contributed by atoms with van der Waals surface area (Å²) >= 11 is 0. The zero-order valence-electron chi connectivity index (χ0n) is 23.5. The normalized spacial score (nSPS) is 27.5. The molecule has 1 spiro atoms. The summed E-state index contributed by atoms with van der Waals surface area (Å²) in [4.78, 5) is 21.2. The minimum absolute atomic E-state index is 0.357. The molecule has 0 amide bonds. The molecule has 7 nitrogen and oxygen atoms in total.